The first-order valence-corrected chi connectivity index (χ1v) is 3.59. The maximum atomic E-state index is 10.5. The van der Waals surface area contributed by atoms with Gasteiger partial charge in [0.1, 0.15) is 0 Å². The van der Waals surface area contributed by atoms with Crippen LogP contribution in [0.2, 0.25) is 0 Å². The van der Waals surface area contributed by atoms with Crippen LogP contribution in [-0.4, -0.2) is 11.1 Å². The Hall–Kier alpha value is -0.960. The Morgan fingerprint density at radius 2 is 2.18 bits per heavy atom. The van der Waals surface area contributed by atoms with Gasteiger partial charge in [-0.25, -0.2) is 4.79 Å². The van der Waals surface area contributed by atoms with E-state index in [1.54, 1.807) is 25.1 Å². The zero-order chi connectivity index (χ0) is 8.43. The first-order valence-electron chi connectivity index (χ1n) is 3.14. The van der Waals surface area contributed by atoms with E-state index in [1.807, 2.05) is 0 Å². The average Bonchev–Trinajstić information content (AvgIpc) is 1.94. The largest absolute Gasteiger partial charge is 0.478 e. The standard InChI is InChI=1S/C8H8O2S/c1-5-2-3-6(11)4-7(5)8(9)10/h2-4,11H,1H3,(H,9,10). The number of benzene rings is 1. The molecule has 0 radical (unpaired) electrons. The lowest BCUT2D eigenvalue weighted by atomic mass is 10.1. The molecular formula is C8H8O2S. The summed E-state index contributed by atoms with van der Waals surface area (Å²) in [7, 11) is 0. The van der Waals surface area contributed by atoms with Crippen molar-refractivity contribution in [1.82, 2.24) is 0 Å². The first-order chi connectivity index (χ1) is 5.11. The highest BCUT2D eigenvalue weighted by molar-refractivity contribution is 7.80. The predicted molar refractivity (Wildman–Crippen MR) is 45.4 cm³/mol. The Labute approximate surface area is 70.3 Å². The number of hydrogen-bond donors (Lipinski definition) is 2. The number of rotatable bonds is 1. The summed E-state index contributed by atoms with van der Waals surface area (Å²) in [6, 6.07) is 5.05. The molecule has 0 atom stereocenters. The van der Waals surface area contributed by atoms with Crippen LogP contribution in [0.4, 0.5) is 0 Å². The topological polar surface area (TPSA) is 37.3 Å². The minimum atomic E-state index is -0.904. The Kier molecular flexibility index (Phi) is 2.19. The van der Waals surface area contributed by atoms with Crippen molar-refractivity contribution in [2.24, 2.45) is 0 Å². The minimum absolute atomic E-state index is 0.317. The van der Waals surface area contributed by atoms with E-state index in [4.69, 9.17) is 5.11 Å². The lowest BCUT2D eigenvalue weighted by Gasteiger charge is -1.99. The zero-order valence-corrected chi connectivity index (χ0v) is 6.93. The van der Waals surface area contributed by atoms with Gasteiger partial charge in [0, 0.05) is 4.90 Å². The van der Waals surface area contributed by atoms with Crippen LogP contribution in [0.5, 0.6) is 0 Å². The molecule has 0 aliphatic rings. The van der Waals surface area contributed by atoms with Crippen molar-refractivity contribution >= 4 is 18.6 Å². The van der Waals surface area contributed by atoms with Crippen LogP contribution in [0.3, 0.4) is 0 Å². The number of aryl methyl sites for hydroxylation is 1. The molecule has 0 saturated heterocycles. The van der Waals surface area contributed by atoms with E-state index in [9.17, 15) is 4.79 Å². The molecule has 0 heterocycles. The molecule has 0 unspecified atom stereocenters. The summed E-state index contributed by atoms with van der Waals surface area (Å²) in [5.74, 6) is -0.904. The van der Waals surface area contributed by atoms with Gasteiger partial charge in [0.15, 0.2) is 0 Å². The molecule has 0 bridgehead atoms. The highest BCUT2D eigenvalue weighted by atomic mass is 32.1. The molecule has 1 rings (SSSR count). The van der Waals surface area contributed by atoms with Gasteiger partial charge in [-0.05, 0) is 24.6 Å². The molecule has 11 heavy (non-hydrogen) atoms. The fraction of sp³-hybridized carbons (Fsp3) is 0.125. The molecule has 0 amide bonds. The highest BCUT2D eigenvalue weighted by Gasteiger charge is 2.05. The number of thiol groups is 1. The van der Waals surface area contributed by atoms with Crippen molar-refractivity contribution in [1.29, 1.82) is 0 Å². The second-order valence-electron chi connectivity index (χ2n) is 2.30. The van der Waals surface area contributed by atoms with E-state index in [-0.39, 0.29) is 0 Å². The number of carboxylic acid groups (broad SMARTS) is 1. The molecule has 0 fully saturated rings. The third-order valence-corrected chi connectivity index (χ3v) is 1.73. The van der Waals surface area contributed by atoms with Crippen molar-refractivity contribution in [3.63, 3.8) is 0 Å². The van der Waals surface area contributed by atoms with E-state index >= 15 is 0 Å². The average molecular weight is 168 g/mol. The lowest BCUT2D eigenvalue weighted by molar-refractivity contribution is 0.0696. The number of aromatic carboxylic acids is 1. The van der Waals surface area contributed by atoms with E-state index < -0.39 is 5.97 Å². The molecule has 1 aromatic rings. The van der Waals surface area contributed by atoms with Gasteiger partial charge in [-0.1, -0.05) is 6.07 Å². The van der Waals surface area contributed by atoms with Gasteiger partial charge in [-0.3, -0.25) is 0 Å². The molecule has 0 aliphatic heterocycles. The SMILES string of the molecule is Cc1ccc(S)cc1C(=O)O. The molecule has 0 spiro atoms. The summed E-state index contributed by atoms with van der Waals surface area (Å²) < 4.78 is 0. The maximum absolute atomic E-state index is 10.5. The molecule has 0 saturated carbocycles. The van der Waals surface area contributed by atoms with Crippen LogP contribution in [0.15, 0.2) is 23.1 Å². The van der Waals surface area contributed by atoms with Gasteiger partial charge in [0.05, 0.1) is 5.56 Å². The van der Waals surface area contributed by atoms with Crippen LogP contribution in [0.25, 0.3) is 0 Å². The second kappa shape index (κ2) is 2.96. The first kappa shape index (κ1) is 8.14. The van der Waals surface area contributed by atoms with E-state index in [0.29, 0.717) is 10.5 Å². The Morgan fingerprint density at radius 1 is 1.55 bits per heavy atom. The fourth-order valence-corrected chi connectivity index (χ4v) is 1.04. The van der Waals surface area contributed by atoms with Gasteiger partial charge in [0.25, 0.3) is 0 Å². The Bertz CT molecular complexity index is 294. The molecule has 2 nitrogen and oxygen atoms in total. The number of hydrogen-bond acceptors (Lipinski definition) is 2. The van der Waals surface area contributed by atoms with Crippen molar-refractivity contribution < 1.29 is 9.90 Å². The lowest BCUT2D eigenvalue weighted by Crippen LogP contribution is -1.98. The van der Waals surface area contributed by atoms with Crippen molar-refractivity contribution in [2.75, 3.05) is 0 Å². The van der Waals surface area contributed by atoms with Gasteiger partial charge < -0.3 is 5.11 Å². The minimum Gasteiger partial charge on any atom is -0.478 e. The zero-order valence-electron chi connectivity index (χ0n) is 6.03. The van der Waals surface area contributed by atoms with Crippen LogP contribution >= 0.6 is 12.6 Å². The third kappa shape index (κ3) is 1.74. The Morgan fingerprint density at radius 3 is 2.64 bits per heavy atom. The van der Waals surface area contributed by atoms with Gasteiger partial charge >= 0.3 is 5.97 Å². The molecule has 0 aromatic heterocycles. The second-order valence-corrected chi connectivity index (χ2v) is 2.82. The summed E-state index contributed by atoms with van der Waals surface area (Å²) in [6.07, 6.45) is 0. The normalized spacial score (nSPS) is 9.64. The van der Waals surface area contributed by atoms with Crippen LogP contribution in [0, 0.1) is 6.92 Å². The van der Waals surface area contributed by atoms with E-state index in [1.165, 1.54) is 0 Å². The highest BCUT2D eigenvalue weighted by Crippen LogP contribution is 2.13. The molecular weight excluding hydrogens is 160 g/mol. The number of carboxylic acids is 1. The van der Waals surface area contributed by atoms with Gasteiger partial charge in [-0.2, -0.15) is 0 Å². The predicted octanol–water partition coefficient (Wildman–Crippen LogP) is 1.98. The molecule has 58 valence electrons. The fourth-order valence-electron chi connectivity index (χ4n) is 0.840. The quantitative estimate of drug-likeness (QED) is 0.629. The van der Waals surface area contributed by atoms with Crippen molar-refractivity contribution in [3.05, 3.63) is 29.3 Å². The summed E-state index contributed by atoms with van der Waals surface area (Å²) >= 11 is 4.03. The van der Waals surface area contributed by atoms with Crippen LogP contribution < -0.4 is 0 Å². The summed E-state index contributed by atoms with van der Waals surface area (Å²) in [5, 5.41) is 8.66. The van der Waals surface area contributed by atoms with Gasteiger partial charge in [-0.15, -0.1) is 12.6 Å². The molecule has 0 aliphatic carbocycles. The molecule has 1 aromatic carbocycles. The van der Waals surface area contributed by atoms with E-state index in [2.05, 4.69) is 12.6 Å². The molecule has 1 N–H and O–H groups in total. The summed E-state index contributed by atoms with van der Waals surface area (Å²) in [4.78, 5) is 11.2. The summed E-state index contributed by atoms with van der Waals surface area (Å²) in [5.41, 5.74) is 1.08. The van der Waals surface area contributed by atoms with Crippen LogP contribution in [0.1, 0.15) is 15.9 Å². The third-order valence-electron chi connectivity index (χ3n) is 1.45. The van der Waals surface area contributed by atoms with Crippen molar-refractivity contribution in [3.8, 4) is 0 Å². The monoisotopic (exact) mass is 168 g/mol. The maximum Gasteiger partial charge on any atom is 0.335 e. The number of carbonyl (C=O) groups is 1. The van der Waals surface area contributed by atoms with Gasteiger partial charge in [0.2, 0.25) is 0 Å². The van der Waals surface area contributed by atoms with Crippen molar-refractivity contribution in [2.45, 2.75) is 11.8 Å². The molecule has 3 heteroatoms. The van der Waals surface area contributed by atoms with E-state index in [0.717, 1.165) is 5.56 Å². The Balaban J connectivity index is 3.23. The smallest absolute Gasteiger partial charge is 0.335 e. The van der Waals surface area contributed by atoms with Crippen LogP contribution in [-0.2, 0) is 0 Å². The summed E-state index contributed by atoms with van der Waals surface area (Å²) in [6.45, 7) is 1.76.